The number of amides is 1. The minimum atomic E-state index is -0.0987. The number of benzene rings is 2. The number of hydrogen-bond donors (Lipinski definition) is 1. The molecule has 0 saturated heterocycles. The number of carbonyl (C=O) groups is 1. The summed E-state index contributed by atoms with van der Waals surface area (Å²) in [6.45, 7) is 1.92. The fourth-order valence-electron chi connectivity index (χ4n) is 2.63. The SMILES string of the molecule is Cc1cc(OCC(=O)N[C@@H](c2ccccc2)C2CC2)ccc1Cl. The van der Waals surface area contributed by atoms with Crippen molar-refractivity contribution in [1.29, 1.82) is 0 Å². The highest BCUT2D eigenvalue weighted by atomic mass is 35.5. The smallest absolute Gasteiger partial charge is 0.258 e. The van der Waals surface area contributed by atoms with Gasteiger partial charge in [0.15, 0.2) is 6.61 Å². The van der Waals surface area contributed by atoms with E-state index in [0.717, 1.165) is 24.0 Å². The minimum Gasteiger partial charge on any atom is -0.484 e. The van der Waals surface area contributed by atoms with E-state index in [2.05, 4.69) is 17.4 Å². The van der Waals surface area contributed by atoms with Gasteiger partial charge in [-0.3, -0.25) is 4.79 Å². The van der Waals surface area contributed by atoms with Gasteiger partial charge in [0.1, 0.15) is 5.75 Å². The molecule has 0 unspecified atom stereocenters. The molecule has 1 atom stereocenters. The molecule has 0 aliphatic heterocycles. The van der Waals surface area contributed by atoms with Gasteiger partial charge in [0.05, 0.1) is 6.04 Å². The Balaban J connectivity index is 1.58. The van der Waals surface area contributed by atoms with Crippen LogP contribution in [0.5, 0.6) is 5.75 Å². The van der Waals surface area contributed by atoms with E-state index in [1.165, 1.54) is 0 Å². The highest BCUT2D eigenvalue weighted by molar-refractivity contribution is 6.31. The van der Waals surface area contributed by atoms with Crippen LogP contribution in [0.15, 0.2) is 48.5 Å². The number of hydrogen-bond acceptors (Lipinski definition) is 2. The fraction of sp³-hybridized carbons (Fsp3) is 0.316. The van der Waals surface area contributed by atoms with Crippen LogP contribution < -0.4 is 10.1 Å². The maximum atomic E-state index is 12.2. The number of halogens is 1. The van der Waals surface area contributed by atoms with Crippen molar-refractivity contribution in [2.45, 2.75) is 25.8 Å². The van der Waals surface area contributed by atoms with Gasteiger partial charge in [-0.15, -0.1) is 0 Å². The molecule has 0 radical (unpaired) electrons. The summed E-state index contributed by atoms with van der Waals surface area (Å²) in [6.07, 6.45) is 2.33. The summed E-state index contributed by atoms with van der Waals surface area (Å²) < 4.78 is 5.57. The second kappa shape index (κ2) is 7.05. The zero-order chi connectivity index (χ0) is 16.2. The lowest BCUT2D eigenvalue weighted by Gasteiger charge is -2.19. The third-order valence-corrected chi connectivity index (χ3v) is 4.49. The average Bonchev–Trinajstić information content (AvgIpc) is 3.39. The van der Waals surface area contributed by atoms with E-state index in [1.807, 2.05) is 31.2 Å². The molecule has 23 heavy (non-hydrogen) atoms. The van der Waals surface area contributed by atoms with Gasteiger partial charge >= 0.3 is 0 Å². The molecule has 0 heterocycles. The Bertz CT molecular complexity index is 683. The Morgan fingerprint density at radius 3 is 2.65 bits per heavy atom. The van der Waals surface area contributed by atoms with E-state index in [4.69, 9.17) is 16.3 Å². The Morgan fingerprint density at radius 2 is 2.00 bits per heavy atom. The van der Waals surface area contributed by atoms with E-state index in [0.29, 0.717) is 16.7 Å². The summed E-state index contributed by atoms with van der Waals surface area (Å²) in [5, 5.41) is 3.80. The van der Waals surface area contributed by atoms with Crippen LogP contribution in [0.4, 0.5) is 0 Å². The fourth-order valence-corrected chi connectivity index (χ4v) is 2.75. The molecule has 0 bridgehead atoms. The topological polar surface area (TPSA) is 38.3 Å². The molecule has 1 fully saturated rings. The number of rotatable bonds is 6. The number of aryl methyl sites for hydroxylation is 1. The molecule has 0 spiro atoms. The molecule has 3 rings (SSSR count). The first-order chi connectivity index (χ1) is 11.1. The second-order valence-corrected chi connectivity index (χ2v) is 6.40. The van der Waals surface area contributed by atoms with Crippen molar-refractivity contribution in [3.8, 4) is 5.75 Å². The van der Waals surface area contributed by atoms with E-state index in [9.17, 15) is 4.79 Å². The zero-order valence-corrected chi connectivity index (χ0v) is 13.8. The quantitative estimate of drug-likeness (QED) is 0.858. The van der Waals surface area contributed by atoms with E-state index in [-0.39, 0.29) is 18.6 Å². The Morgan fingerprint density at radius 1 is 1.26 bits per heavy atom. The number of nitrogens with one attached hydrogen (secondary N) is 1. The molecule has 1 aliphatic carbocycles. The average molecular weight is 330 g/mol. The summed E-state index contributed by atoms with van der Waals surface area (Å²) in [4.78, 5) is 12.2. The molecular formula is C19H20ClNO2. The lowest BCUT2D eigenvalue weighted by Crippen LogP contribution is -2.33. The van der Waals surface area contributed by atoms with Crippen LogP contribution in [-0.4, -0.2) is 12.5 Å². The largest absolute Gasteiger partial charge is 0.484 e. The first kappa shape index (κ1) is 15.9. The van der Waals surface area contributed by atoms with Crippen LogP contribution >= 0.6 is 11.6 Å². The zero-order valence-electron chi connectivity index (χ0n) is 13.1. The molecule has 120 valence electrons. The van der Waals surface area contributed by atoms with Crippen molar-refractivity contribution < 1.29 is 9.53 Å². The monoisotopic (exact) mass is 329 g/mol. The summed E-state index contributed by atoms with van der Waals surface area (Å²) in [7, 11) is 0. The van der Waals surface area contributed by atoms with E-state index in [1.54, 1.807) is 12.1 Å². The summed E-state index contributed by atoms with van der Waals surface area (Å²) >= 11 is 5.99. The Kier molecular flexibility index (Phi) is 4.87. The van der Waals surface area contributed by atoms with E-state index < -0.39 is 0 Å². The molecule has 1 N–H and O–H groups in total. The third-order valence-electron chi connectivity index (χ3n) is 4.07. The highest BCUT2D eigenvalue weighted by Crippen LogP contribution is 2.40. The predicted molar refractivity (Wildman–Crippen MR) is 91.7 cm³/mol. The lowest BCUT2D eigenvalue weighted by molar-refractivity contribution is -0.124. The van der Waals surface area contributed by atoms with Crippen molar-refractivity contribution in [2.24, 2.45) is 5.92 Å². The van der Waals surface area contributed by atoms with Crippen molar-refractivity contribution in [2.75, 3.05) is 6.61 Å². The van der Waals surface area contributed by atoms with Gasteiger partial charge in [-0.05, 0) is 55.0 Å². The molecule has 1 amide bonds. The van der Waals surface area contributed by atoms with E-state index >= 15 is 0 Å². The molecule has 3 nitrogen and oxygen atoms in total. The summed E-state index contributed by atoms with van der Waals surface area (Å²) in [6, 6.07) is 15.6. The maximum absolute atomic E-state index is 12.2. The van der Waals surface area contributed by atoms with Crippen LogP contribution in [-0.2, 0) is 4.79 Å². The van der Waals surface area contributed by atoms with Gasteiger partial charge < -0.3 is 10.1 Å². The first-order valence-corrected chi connectivity index (χ1v) is 8.24. The van der Waals surface area contributed by atoms with Gasteiger partial charge in [-0.25, -0.2) is 0 Å². The molecule has 4 heteroatoms. The Labute approximate surface area is 141 Å². The van der Waals surface area contributed by atoms with Gasteiger partial charge in [0.2, 0.25) is 0 Å². The normalized spacial score (nSPS) is 15.0. The molecular weight excluding hydrogens is 310 g/mol. The molecule has 1 saturated carbocycles. The van der Waals surface area contributed by atoms with Gasteiger partial charge in [0.25, 0.3) is 5.91 Å². The molecule has 2 aromatic rings. The van der Waals surface area contributed by atoms with Crippen molar-refractivity contribution in [1.82, 2.24) is 5.32 Å². The second-order valence-electron chi connectivity index (χ2n) is 5.99. The summed E-state index contributed by atoms with van der Waals surface area (Å²) in [5.74, 6) is 1.10. The van der Waals surface area contributed by atoms with Crippen LogP contribution in [0.2, 0.25) is 5.02 Å². The van der Waals surface area contributed by atoms with Crippen molar-refractivity contribution >= 4 is 17.5 Å². The Hall–Kier alpha value is -2.00. The third kappa shape index (κ3) is 4.26. The first-order valence-electron chi connectivity index (χ1n) is 7.87. The standard InChI is InChI=1S/C19H20ClNO2/c1-13-11-16(9-10-17(13)20)23-12-18(22)21-19(15-7-8-15)14-5-3-2-4-6-14/h2-6,9-11,15,19H,7-8,12H2,1H3,(H,21,22)/t19-/m0/s1. The summed E-state index contributed by atoms with van der Waals surface area (Å²) in [5.41, 5.74) is 2.09. The van der Waals surface area contributed by atoms with Gasteiger partial charge in [-0.2, -0.15) is 0 Å². The predicted octanol–water partition coefficient (Wildman–Crippen LogP) is 4.29. The minimum absolute atomic E-state index is 0.0110. The van der Waals surface area contributed by atoms with Crippen molar-refractivity contribution in [3.63, 3.8) is 0 Å². The number of carbonyl (C=O) groups excluding carboxylic acids is 1. The highest BCUT2D eigenvalue weighted by Gasteiger charge is 2.33. The van der Waals surface area contributed by atoms with Crippen molar-refractivity contribution in [3.05, 3.63) is 64.7 Å². The van der Waals surface area contributed by atoms with Crippen LogP contribution in [0.25, 0.3) is 0 Å². The van der Waals surface area contributed by atoms with Gasteiger partial charge in [-0.1, -0.05) is 41.9 Å². The van der Waals surface area contributed by atoms with Crippen LogP contribution in [0.1, 0.15) is 30.0 Å². The van der Waals surface area contributed by atoms with Gasteiger partial charge in [0, 0.05) is 5.02 Å². The maximum Gasteiger partial charge on any atom is 0.258 e. The lowest BCUT2D eigenvalue weighted by atomic mass is 10.0. The van der Waals surface area contributed by atoms with Crippen LogP contribution in [0.3, 0.4) is 0 Å². The molecule has 1 aliphatic rings. The molecule has 2 aromatic carbocycles. The molecule has 0 aromatic heterocycles. The number of ether oxygens (including phenoxy) is 1. The van der Waals surface area contributed by atoms with Crippen LogP contribution in [0, 0.1) is 12.8 Å².